The minimum atomic E-state index is -0.433. The van der Waals surface area contributed by atoms with Crippen molar-refractivity contribution in [3.8, 4) is 0 Å². The number of rotatable bonds is 5. The van der Waals surface area contributed by atoms with Crippen molar-refractivity contribution in [1.82, 2.24) is 4.90 Å². The fourth-order valence-corrected chi connectivity index (χ4v) is 2.36. The Morgan fingerprint density at radius 1 is 1.26 bits per heavy atom. The van der Waals surface area contributed by atoms with E-state index >= 15 is 0 Å². The molecule has 2 aromatic carbocycles. The van der Waals surface area contributed by atoms with Gasteiger partial charge >= 0.3 is 0 Å². The Balaban J connectivity index is 1.99. The summed E-state index contributed by atoms with van der Waals surface area (Å²) in [6.07, 6.45) is 0. The third kappa shape index (κ3) is 4.78. The smallest absolute Gasteiger partial charge is 0.241 e. The lowest BCUT2D eigenvalue weighted by Crippen LogP contribution is -2.39. The number of halogens is 2. The van der Waals surface area contributed by atoms with E-state index in [2.05, 4.69) is 5.32 Å². The SMILES string of the molecule is Cc1ccc(CN(C)[C@H](C)C(=O)Nc2ccc(F)cc2Cl)cc1. The van der Waals surface area contributed by atoms with E-state index in [1.807, 2.05) is 50.1 Å². The number of carbonyl (C=O) groups excluding carboxylic acids is 1. The minimum Gasteiger partial charge on any atom is -0.323 e. The van der Waals surface area contributed by atoms with Gasteiger partial charge < -0.3 is 5.32 Å². The lowest BCUT2D eigenvalue weighted by atomic mass is 10.1. The summed E-state index contributed by atoms with van der Waals surface area (Å²) in [6.45, 7) is 4.52. The van der Waals surface area contributed by atoms with Crippen LogP contribution in [0.5, 0.6) is 0 Å². The molecule has 1 atom stereocenters. The first kappa shape index (κ1) is 17.4. The molecular weight excluding hydrogens is 315 g/mol. The molecule has 0 aromatic heterocycles. The lowest BCUT2D eigenvalue weighted by Gasteiger charge is -2.24. The molecule has 0 fully saturated rings. The molecule has 3 nitrogen and oxygen atoms in total. The average Bonchev–Trinajstić information content (AvgIpc) is 2.51. The van der Waals surface area contributed by atoms with Crippen LogP contribution in [0.2, 0.25) is 5.02 Å². The largest absolute Gasteiger partial charge is 0.323 e. The van der Waals surface area contributed by atoms with Gasteiger partial charge in [0.25, 0.3) is 0 Å². The van der Waals surface area contributed by atoms with Crippen LogP contribution >= 0.6 is 11.6 Å². The molecule has 5 heteroatoms. The summed E-state index contributed by atoms with van der Waals surface area (Å²) in [6, 6.07) is 11.7. The maximum atomic E-state index is 13.0. The third-order valence-electron chi connectivity index (χ3n) is 3.78. The van der Waals surface area contributed by atoms with Gasteiger partial charge in [-0.25, -0.2) is 4.39 Å². The van der Waals surface area contributed by atoms with Crippen molar-refractivity contribution < 1.29 is 9.18 Å². The van der Waals surface area contributed by atoms with Crippen molar-refractivity contribution >= 4 is 23.2 Å². The van der Waals surface area contributed by atoms with Crippen LogP contribution in [0.1, 0.15) is 18.1 Å². The first-order valence-corrected chi connectivity index (χ1v) is 7.76. The quantitative estimate of drug-likeness (QED) is 0.886. The zero-order valence-corrected chi connectivity index (χ0v) is 14.2. The Labute approximate surface area is 141 Å². The molecule has 0 aliphatic heterocycles. The van der Waals surface area contributed by atoms with E-state index in [1.54, 1.807) is 0 Å². The highest BCUT2D eigenvalue weighted by molar-refractivity contribution is 6.33. The normalized spacial score (nSPS) is 12.3. The number of anilines is 1. The third-order valence-corrected chi connectivity index (χ3v) is 4.09. The Bertz CT molecular complexity index is 688. The highest BCUT2D eigenvalue weighted by Gasteiger charge is 2.19. The molecule has 0 aliphatic carbocycles. The molecule has 122 valence electrons. The number of likely N-dealkylation sites (N-methyl/N-ethyl adjacent to an activating group) is 1. The Kier molecular flexibility index (Phi) is 5.74. The van der Waals surface area contributed by atoms with Gasteiger partial charge in [0.15, 0.2) is 0 Å². The molecule has 0 aliphatic rings. The lowest BCUT2D eigenvalue weighted by molar-refractivity contribution is -0.120. The monoisotopic (exact) mass is 334 g/mol. The molecule has 2 rings (SSSR count). The van der Waals surface area contributed by atoms with Gasteiger partial charge in [-0.15, -0.1) is 0 Å². The summed E-state index contributed by atoms with van der Waals surface area (Å²) < 4.78 is 13.0. The number of aryl methyl sites for hydroxylation is 1. The summed E-state index contributed by atoms with van der Waals surface area (Å²) in [5.41, 5.74) is 2.75. The van der Waals surface area contributed by atoms with Gasteiger partial charge in [-0.2, -0.15) is 0 Å². The number of hydrogen-bond donors (Lipinski definition) is 1. The summed E-state index contributed by atoms with van der Waals surface area (Å²) >= 11 is 5.93. The van der Waals surface area contributed by atoms with Crippen LogP contribution in [0, 0.1) is 12.7 Å². The van der Waals surface area contributed by atoms with Gasteiger partial charge in [0.05, 0.1) is 16.8 Å². The molecule has 1 N–H and O–H groups in total. The van der Waals surface area contributed by atoms with Crippen LogP contribution in [-0.2, 0) is 11.3 Å². The van der Waals surface area contributed by atoms with Crippen LogP contribution in [0.15, 0.2) is 42.5 Å². The van der Waals surface area contributed by atoms with Gasteiger partial charge in [0, 0.05) is 6.54 Å². The van der Waals surface area contributed by atoms with E-state index in [1.165, 1.54) is 23.8 Å². The highest BCUT2D eigenvalue weighted by atomic mass is 35.5. The summed E-state index contributed by atoms with van der Waals surface area (Å²) in [5, 5.41) is 2.92. The maximum absolute atomic E-state index is 13.0. The van der Waals surface area contributed by atoms with Crippen molar-refractivity contribution in [1.29, 1.82) is 0 Å². The van der Waals surface area contributed by atoms with Crippen molar-refractivity contribution in [3.05, 3.63) is 64.4 Å². The zero-order valence-electron chi connectivity index (χ0n) is 13.4. The van der Waals surface area contributed by atoms with Gasteiger partial charge in [0.2, 0.25) is 5.91 Å². The summed E-state index contributed by atoms with van der Waals surface area (Å²) in [4.78, 5) is 14.3. The van der Waals surface area contributed by atoms with Crippen molar-refractivity contribution in [2.45, 2.75) is 26.4 Å². The Morgan fingerprint density at radius 3 is 2.52 bits per heavy atom. The first-order chi connectivity index (χ1) is 10.9. The molecule has 0 unspecified atom stereocenters. The van der Waals surface area contributed by atoms with E-state index in [0.29, 0.717) is 12.2 Å². The number of nitrogens with one attached hydrogen (secondary N) is 1. The van der Waals surface area contributed by atoms with Gasteiger partial charge in [-0.3, -0.25) is 9.69 Å². The van der Waals surface area contributed by atoms with E-state index < -0.39 is 5.82 Å². The van der Waals surface area contributed by atoms with E-state index in [4.69, 9.17) is 11.6 Å². The van der Waals surface area contributed by atoms with E-state index in [0.717, 1.165) is 5.56 Å². The van der Waals surface area contributed by atoms with Crippen molar-refractivity contribution in [3.63, 3.8) is 0 Å². The van der Waals surface area contributed by atoms with Gasteiger partial charge in [-0.05, 0) is 44.7 Å². The second-order valence-electron chi connectivity index (χ2n) is 5.69. The molecule has 0 radical (unpaired) electrons. The first-order valence-electron chi connectivity index (χ1n) is 7.38. The summed E-state index contributed by atoms with van der Waals surface area (Å²) in [7, 11) is 1.89. The van der Waals surface area contributed by atoms with Gasteiger partial charge in [0.1, 0.15) is 5.82 Å². The van der Waals surface area contributed by atoms with E-state index in [-0.39, 0.29) is 17.0 Å². The standard InChI is InChI=1S/C18H20ClFN2O/c1-12-4-6-14(7-5-12)11-22(3)13(2)18(23)21-17-9-8-15(20)10-16(17)19/h4-10,13H,11H2,1-3H3,(H,21,23)/t13-/m1/s1. The molecule has 1 amide bonds. The molecule has 23 heavy (non-hydrogen) atoms. The summed E-state index contributed by atoms with van der Waals surface area (Å²) in [5.74, 6) is -0.620. The highest BCUT2D eigenvalue weighted by Crippen LogP contribution is 2.22. The molecule has 2 aromatic rings. The Morgan fingerprint density at radius 2 is 1.91 bits per heavy atom. The topological polar surface area (TPSA) is 32.3 Å². The molecule has 0 heterocycles. The molecule has 0 bridgehead atoms. The minimum absolute atomic E-state index is 0.187. The maximum Gasteiger partial charge on any atom is 0.241 e. The average molecular weight is 335 g/mol. The predicted molar refractivity (Wildman–Crippen MR) is 92.1 cm³/mol. The zero-order chi connectivity index (χ0) is 17.0. The fraction of sp³-hybridized carbons (Fsp3) is 0.278. The number of nitrogens with zero attached hydrogens (tertiary/aromatic N) is 1. The van der Waals surface area contributed by atoms with Crippen LogP contribution in [0.25, 0.3) is 0 Å². The number of amides is 1. The molecule has 0 saturated heterocycles. The van der Waals surface area contributed by atoms with Gasteiger partial charge in [-0.1, -0.05) is 41.4 Å². The molecule has 0 saturated carbocycles. The van der Waals surface area contributed by atoms with Crippen molar-refractivity contribution in [2.75, 3.05) is 12.4 Å². The second-order valence-corrected chi connectivity index (χ2v) is 6.10. The number of benzene rings is 2. The van der Waals surface area contributed by atoms with Crippen LogP contribution in [0.4, 0.5) is 10.1 Å². The fourth-order valence-electron chi connectivity index (χ4n) is 2.15. The van der Waals surface area contributed by atoms with Crippen LogP contribution < -0.4 is 5.32 Å². The second kappa shape index (κ2) is 7.57. The van der Waals surface area contributed by atoms with Crippen LogP contribution in [-0.4, -0.2) is 23.9 Å². The van der Waals surface area contributed by atoms with Crippen molar-refractivity contribution in [2.24, 2.45) is 0 Å². The van der Waals surface area contributed by atoms with Crippen LogP contribution in [0.3, 0.4) is 0 Å². The molecule has 0 spiro atoms. The number of hydrogen-bond acceptors (Lipinski definition) is 2. The Hall–Kier alpha value is -1.91. The number of carbonyl (C=O) groups is 1. The van der Waals surface area contributed by atoms with E-state index in [9.17, 15) is 9.18 Å². The predicted octanol–water partition coefficient (Wildman–Crippen LogP) is 4.25. The molecular formula is C18H20ClFN2O.